The SMILES string of the molecule is C#Cc1cc(C#Cc2cc(C#Cc3cc(C(C)(C)C)cc(C(C)(C)C)c3)c(C#Cc3cc(C(C)(C)C)cc(C(C)(C)C)c3)cc2OC)c(C#Cc2cc(C#Cc3cc(C(C)(C)C)cc(C(C)(C)C)c3)c(C#Cc3cc(C(C)(C)C)cc(C(C)(C)C)c3)cc2OC)cc1OC. The first-order valence-corrected chi connectivity index (χ1v) is 32.8. The van der Waals surface area contributed by atoms with Crippen molar-refractivity contribution in [3.05, 3.63) is 226 Å². The molecule has 94 heavy (non-hydrogen) atoms. The van der Waals surface area contributed by atoms with Gasteiger partial charge in [0, 0.05) is 55.6 Å². The molecule has 0 fully saturated rings. The molecule has 7 aromatic carbocycles. The zero-order valence-corrected chi connectivity index (χ0v) is 61.7. The molecule has 7 rings (SSSR count). The smallest absolute Gasteiger partial charge is 0.135 e. The van der Waals surface area contributed by atoms with Crippen LogP contribution in [0.5, 0.6) is 17.2 Å². The van der Waals surface area contributed by atoms with Crippen LogP contribution in [0, 0.1) is 83.4 Å². The van der Waals surface area contributed by atoms with Gasteiger partial charge in [-0.2, -0.15) is 0 Å². The van der Waals surface area contributed by atoms with E-state index in [4.69, 9.17) is 20.6 Å². The molecule has 0 N–H and O–H groups in total. The second-order valence-corrected chi connectivity index (χ2v) is 33.1. The molecule has 0 saturated carbocycles. The highest BCUT2D eigenvalue weighted by atomic mass is 16.5. The van der Waals surface area contributed by atoms with Gasteiger partial charge in [-0.1, -0.05) is 267 Å². The largest absolute Gasteiger partial charge is 0.495 e. The van der Waals surface area contributed by atoms with Gasteiger partial charge in [-0.3, -0.25) is 0 Å². The highest BCUT2D eigenvalue weighted by Gasteiger charge is 2.25. The zero-order valence-electron chi connectivity index (χ0n) is 61.7. The Kier molecular flexibility index (Phi) is 21.1. The minimum absolute atomic E-state index is 0.0799. The summed E-state index contributed by atoms with van der Waals surface area (Å²) in [6, 6.07) is 38.4. The third kappa shape index (κ3) is 18.6. The molecule has 0 heterocycles. The summed E-state index contributed by atoms with van der Waals surface area (Å²) >= 11 is 0. The van der Waals surface area contributed by atoms with Gasteiger partial charge in [0.1, 0.15) is 17.2 Å². The summed E-state index contributed by atoms with van der Waals surface area (Å²) in [5.74, 6) is 46.8. The van der Waals surface area contributed by atoms with Gasteiger partial charge in [0.05, 0.1) is 38.0 Å². The van der Waals surface area contributed by atoms with E-state index in [1.54, 1.807) is 21.3 Å². The van der Waals surface area contributed by atoms with E-state index in [1.165, 1.54) is 44.5 Å². The molecular formula is C91H100O3. The third-order valence-corrected chi connectivity index (χ3v) is 16.9. The lowest BCUT2D eigenvalue weighted by molar-refractivity contribution is 0.413. The first-order chi connectivity index (χ1) is 43.4. The molecule has 0 amide bonds. The summed E-state index contributed by atoms with van der Waals surface area (Å²) in [6.07, 6.45) is 6.19. The fraction of sp³-hybridized carbons (Fsp3) is 0.385. The maximum Gasteiger partial charge on any atom is 0.135 e. The summed E-state index contributed by atoms with van der Waals surface area (Å²) < 4.78 is 18.2. The van der Waals surface area contributed by atoms with Gasteiger partial charge in [-0.25, -0.2) is 0 Å². The fourth-order valence-corrected chi connectivity index (χ4v) is 10.3. The minimum Gasteiger partial charge on any atom is -0.495 e. The molecule has 0 aliphatic heterocycles. The van der Waals surface area contributed by atoms with E-state index in [2.05, 4.69) is 316 Å². The van der Waals surface area contributed by atoms with Crippen molar-refractivity contribution in [3.63, 3.8) is 0 Å². The van der Waals surface area contributed by atoms with E-state index in [1.807, 2.05) is 36.4 Å². The van der Waals surface area contributed by atoms with Crippen molar-refractivity contribution in [3.8, 4) is 101 Å². The maximum atomic E-state index is 6.19. The van der Waals surface area contributed by atoms with Gasteiger partial charge in [-0.15, -0.1) is 6.42 Å². The number of benzene rings is 7. The van der Waals surface area contributed by atoms with Gasteiger partial charge in [0.25, 0.3) is 0 Å². The summed E-state index contributed by atoms with van der Waals surface area (Å²) in [6.45, 7) is 53.8. The molecule has 0 saturated heterocycles. The third-order valence-electron chi connectivity index (χ3n) is 16.9. The van der Waals surface area contributed by atoms with Gasteiger partial charge in [-0.05, 0) is 173 Å². The predicted molar refractivity (Wildman–Crippen MR) is 398 cm³/mol. The van der Waals surface area contributed by atoms with E-state index >= 15 is 0 Å². The molecule has 0 unspecified atom stereocenters. The van der Waals surface area contributed by atoms with Crippen LogP contribution in [0.1, 0.15) is 283 Å². The number of hydrogen-bond acceptors (Lipinski definition) is 3. The molecule has 7 aromatic rings. The van der Waals surface area contributed by atoms with E-state index in [9.17, 15) is 0 Å². The second-order valence-electron chi connectivity index (χ2n) is 33.1. The van der Waals surface area contributed by atoms with E-state index in [0.29, 0.717) is 56.2 Å². The Morgan fingerprint density at radius 2 is 0.362 bits per heavy atom. The first kappa shape index (κ1) is 72.3. The summed E-state index contributed by atoms with van der Waals surface area (Å²) in [5.41, 5.74) is 18.6. The van der Waals surface area contributed by atoms with Gasteiger partial charge >= 0.3 is 0 Å². The number of terminal acetylenes is 1. The van der Waals surface area contributed by atoms with Crippen LogP contribution in [0.4, 0.5) is 0 Å². The Hall–Kier alpha value is -9.14. The van der Waals surface area contributed by atoms with Crippen LogP contribution in [-0.2, 0) is 43.3 Å². The van der Waals surface area contributed by atoms with Crippen molar-refractivity contribution in [2.75, 3.05) is 21.3 Å². The van der Waals surface area contributed by atoms with E-state index in [-0.39, 0.29) is 43.3 Å². The summed E-state index contributed by atoms with van der Waals surface area (Å²) in [7, 11) is 4.91. The Bertz CT molecular complexity index is 4400. The molecule has 3 heteroatoms. The molecule has 0 bridgehead atoms. The number of rotatable bonds is 3. The molecule has 0 aliphatic rings. The average Bonchev–Trinajstić information content (AvgIpc) is 0.823. The number of ether oxygens (including phenoxy) is 3. The highest BCUT2D eigenvalue weighted by Crippen LogP contribution is 2.36. The van der Waals surface area contributed by atoms with E-state index < -0.39 is 0 Å². The molecule has 0 aromatic heterocycles. The molecule has 0 radical (unpaired) electrons. The minimum atomic E-state index is -0.0915. The molecule has 0 aliphatic carbocycles. The Morgan fingerprint density at radius 3 is 0.543 bits per heavy atom. The van der Waals surface area contributed by atoms with Crippen molar-refractivity contribution >= 4 is 0 Å². The normalized spacial score (nSPS) is 11.9. The maximum absolute atomic E-state index is 6.19. The molecular weight excluding hydrogens is 1140 g/mol. The quantitative estimate of drug-likeness (QED) is 0.165. The van der Waals surface area contributed by atoms with Crippen LogP contribution in [0.3, 0.4) is 0 Å². The van der Waals surface area contributed by atoms with Gasteiger partial charge < -0.3 is 14.2 Å². The summed E-state index contributed by atoms with van der Waals surface area (Å²) in [4.78, 5) is 0. The lowest BCUT2D eigenvalue weighted by atomic mass is 9.79. The van der Waals surface area contributed by atoms with Crippen LogP contribution < -0.4 is 14.2 Å². The highest BCUT2D eigenvalue weighted by molar-refractivity contribution is 5.68. The number of hydrogen-bond donors (Lipinski definition) is 0. The van der Waals surface area contributed by atoms with Crippen LogP contribution >= 0.6 is 0 Å². The van der Waals surface area contributed by atoms with Crippen LogP contribution in [0.2, 0.25) is 0 Å². The Labute approximate surface area is 568 Å². The number of methoxy groups -OCH3 is 3. The first-order valence-electron chi connectivity index (χ1n) is 32.8. The average molecular weight is 1240 g/mol. The topological polar surface area (TPSA) is 27.7 Å². The zero-order chi connectivity index (χ0) is 69.9. The van der Waals surface area contributed by atoms with Crippen molar-refractivity contribution in [1.29, 1.82) is 0 Å². The molecule has 0 spiro atoms. The Balaban J connectivity index is 1.46. The van der Waals surface area contributed by atoms with Gasteiger partial charge in [0.2, 0.25) is 0 Å². The second kappa shape index (κ2) is 27.4. The molecule has 482 valence electrons. The fourth-order valence-electron chi connectivity index (χ4n) is 10.3. The predicted octanol–water partition coefficient (Wildman–Crippen LogP) is 20.5. The lowest BCUT2D eigenvalue weighted by Gasteiger charge is -2.25. The van der Waals surface area contributed by atoms with Crippen LogP contribution in [0.15, 0.2) is 109 Å². The van der Waals surface area contributed by atoms with Crippen LogP contribution in [-0.4, -0.2) is 21.3 Å². The monoisotopic (exact) mass is 1240 g/mol. The molecule has 3 nitrogen and oxygen atoms in total. The summed E-state index contributed by atoms with van der Waals surface area (Å²) in [5, 5.41) is 0. The lowest BCUT2D eigenvalue weighted by Crippen LogP contribution is -2.16. The van der Waals surface area contributed by atoms with Crippen molar-refractivity contribution in [2.45, 2.75) is 209 Å². The van der Waals surface area contributed by atoms with Crippen LogP contribution in [0.25, 0.3) is 0 Å². The van der Waals surface area contributed by atoms with Crippen molar-refractivity contribution in [1.82, 2.24) is 0 Å². The Morgan fingerprint density at radius 1 is 0.202 bits per heavy atom. The van der Waals surface area contributed by atoms with E-state index in [0.717, 1.165) is 33.4 Å². The van der Waals surface area contributed by atoms with Gasteiger partial charge in [0.15, 0.2) is 0 Å². The van der Waals surface area contributed by atoms with Crippen molar-refractivity contribution < 1.29 is 14.2 Å². The standard InChI is InChI=1S/C91H100O3/c1-29-64-50-67(38-40-71-51-65(34-30-60-42-73(84(2,3)4)56-74(43-60)85(5,6)7)68(54-82(71)93-27)36-32-62-46-77(88(14,15)16)58-78(47-62)89(17,18)19)70(53-81(64)92-26)39-41-72-52-66(35-31-61-44-75(86(8,9)10)57-76(45-61)87(11,12)13)69(55-83(72)94-28)37-33-63-48-79(90(20,21)22)59-80(49-63)91(23,24)25/h1,42-59H,2-28H3. The molecule has 0 atom stereocenters. The van der Waals surface area contributed by atoms with Crippen molar-refractivity contribution in [2.24, 2.45) is 0 Å².